The zero-order chi connectivity index (χ0) is 13.3. The van der Waals surface area contributed by atoms with Gasteiger partial charge < -0.3 is 14.6 Å². The highest BCUT2D eigenvalue weighted by atomic mass is 16.5. The van der Waals surface area contributed by atoms with Gasteiger partial charge in [0.15, 0.2) is 5.82 Å². The Bertz CT molecular complexity index is 428. The molecule has 2 fully saturated rings. The maximum Gasteiger partial charge on any atom is 0.223 e. The third-order valence-corrected chi connectivity index (χ3v) is 4.75. The molecule has 2 aliphatic carbocycles. The number of rotatable bonds is 6. The summed E-state index contributed by atoms with van der Waals surface area (Å²) in [5.41, 5.74) is 0.434. The van der Waals surface area contributed by atoms with Crippen LogP contribution in [0.3, 0.4) is 0 Å². The molecule has 2 saturated carbocycles. The summed E-state index contributed by atoms with van der Waals surface area (Å²) in [6, 6.07) is 0.616. The number of hydrogen-bond donors (Lipinski definition) is 1. The van der Waals surface area contributed by atoms with Crippen LogP contribution in [-0.2, 0) is 11.2 Å². The summed E-state index contributed by atoms with van der Waals surface area (Å²) >= 11 is 0. The largest absolute Gasteiger partial charge is 0.378 e. The van der Waals surface area contributed by atoms with E-state index in [4.69, 9.17) is 9.26 Å². The van der Waals surface area contributed by atoms with Crippen molar-refractivity contribution >= 4 is 0 Å². The van der Waals surface area contributed by atoms with Gasteiger partial charge in [-0.05, 0) is 26.2 Å². The minimum atomic E-state index is 0.434. The lowest BCUT2D eigenvalue weighted by Gasteiger charge is -2.61. The Morgan fingerprint density at radius 1 is 1.47 bits per heavy atom. The van der Waals surface area contributed by atoms with E-state index in [9.17, 15) is 0 Å². The molecule has 0 aromatic carbocycles. The molecule has 19 heavy (non-hydrogen) atoms. The fraction of sp³-hybridized carbons (Fsp3) is 0.857. The van der Waals surface area contributed by atoms with Gasteiger partial charge >= 0.3 is 0 Å². The lowest BCUT2D eigenvalue weighted by Crippen LogP contribution is -2.67. The Hall–Kier alpha value is -0.940. The van der Waals surface area contributed by atoms with Crippen LogP contribution in [0.25, 0.3) is 0 Å². The summed E-state index contributed by atoms with van der Waals surface area (Å²) in [4.78, 5) is 4.22. The molecule has 3 rings (SSSR count). The van der Waals surface area contributed by atoms with Gasteiger partial charge in [-0.15, -0.1) is 0 Å². The Morgan fingerprint density at radius 2 is 2.32 bits per heavy atom. The van der Waals surface area contributed by atoms with Gasteiger partial charge in [0.05, 0.1) is 6.10 Å². The van der Waals surface area contributed by atoms with Crippen molar-refractivity contribution in [2.45, 2.75) is 58.1 Å². The summed E-state index contributed by atoms with van der Waals surface area (Å²) in [6.45, 7) is 5.67. The van der Waals surface area contributed by atoms with Crippen LogP contribution in [0, 0.1) is 12.3 Å². The third-order valence-electron chi connectivity index (χ3n) is 4.75. The van der Waals surface area contributed by atoms with Crippen molar-refractivity contribution in [3.63, 3.8) is 0 Å². The molecule has 0 radical (unpaired) electrons. The molecular formula is C14H23N3O2. The second kappa shape index (κ2) is 5.21. The molecule has 5 heteroatoms. The minimum absolute atomic E-state index is 0.434. The highest BCUT2D eigenvalue weighted by Crippen LogP contribution is 2.57. The highest BCUT2D eigenvalue weighted by Gasteiger charge is 2.58. The van der Waals surface area contributed by atoms with E-state index in [2.05, 4.69) is 22.4 Å². The van der Waals surface area contributed by atoms with Gasteiger partial charge in [0.2, 0.25) is 5.89 Å². The van der Waals surface area contributed by atoms with Crippen LogP contribution in [0.5, 0.6) is 0 Å². The Morgan fingerprint density at radius 3 is 2.89 bits per heavy atom. The molecule has 1 spiro atoms. The predicted molar refractivity (Wildman–Crippen MR) is 70.8 cm³/mol. The topological polar surface area (TPSA) is 60.2 Å². The first-order chi connectivity index (χ1) is 9.24. The Balaban J connectivity index is 1.46. The summed E-state index contributed by atoms with van der Waals surface area (Å²) in [5.74, 6) is 1.44. The molecule has 106 valence electrons. The van der Waals surface area contributed by atoms with E-state index in [0.717, 1.165) is 31.8 Å². The molecule has 5 nitrogen and oxygen atoms in total. The lowest BCUT2D eigenvalue weighted by atomic mass is 9.51. The monoisotopic (exact) mass is 265 g/mol. The van der Waals surface area contributed by atoms with Gasteiger partial charge in [0.1, 0.15) is 0 Å². The summed E-state index contributed by atoms with van der Waals surface area (Å²) in [7, 11) is 0. The molecule has 2 atom stereocenters. The average molecular weight is 265 g/mol. The third kappa shape index (κ3) is 2.30. The number of nitrogens with zero attached hydrogens (tertiary/aromatic N) is 2. The minimum Gasteiger partial charge on any atom is -0.378 e. The van der Waals surface area contributed by atoms with Crippen molar-refractivity contribution in [1.82, 2.24) is 15.5 Å². The van der Waals surface area contributed by atoms with Gasteiger partial charge in [-0.3, -0.25) is 0 Å². The van der Waals surface area contributed by atoms with Gasteiger partial charge in [0.25, 0.3) is 0 Å². The first kappa shape index (κ1) is 13.1. The number of aromatic nitrogens is 2. The quantitative estimate of drug-likeness (QED) is 0.850. The van der Waals surface area contributed by atoms with Crippen LogP contribution >= 0.6 is 0 Å². The van der Waals surface area contributed by atoms with Crippen molar-refractivity contribution in [3.8, 4) is 0 Å². The Labute approximate surface area is 114 Å². The number of nitrogens with one attached hydrogen (secondary N) is 1. The molecular weight excluding hydrogens is 242 g/mol. The molecule has 1 aromatic rings. The molecule has 0 aliphatic heterocycles. The predicted octanol–water partition coefficient (Wildman–Crippen LogP) is 1.86. The molecule has 1 N–H and O–H groups in total. The Kier molecular flexibility index (Phi) is 3.58. The van der Waals surface area contributed by atoms with E-state index >= 15 is 0 Å². The van der Waals surface area contributed by atoms with Gasteiger partial charge in [-0.25, -0.2) is 0 Å². The molecule has 0 bridgehead atoms. The van der Waals surface area contributed by atoms with Crippen molar-refractivity contribution in [3.05, 3.63) is 11.7 Å². The molecule has 2 aliphatic rings. The SMILES string of the molecule is CCOC1CC(NCCc2noc(C)n2)C12CCC2. The zero-order valence-corrected chi connectivity index (χ0v) is 11.8. The molecule has 0 amide bonds. The smallest absolute Gasteiger partial charge is 0.223 e. The first-order valence-corrected chi connectivity index (χ1v) is 7.39. The van der Waals surface area contributed by atoms with Crippen molar-refractivity contribution in [2.24, 2.45) is 5.41 Å². The second-order valence-electron chi connectivity index (χ2n) is 5.75. The van der Waals surface area contributed by atoms with E-state index in [1.54, 1.807) is 0 Å². The normalized spacial score (nSPS) is 28.1. The number of aryl methyl sites for hydroxylation is 1. The van der Waals surface area contributed by atoms with Gasteiger partial charge in [-0.2, -0.15) is 4.98 Å². The first-order valence-electron chi connectivity index (χ1n) is 7.39. The standard InChI is InChI=1S/C14H23N3O2/c1-3-18-12-9-11(14(12)6-4-7-14)15-8-5-13-16-10(2)19-17-13/h11-12,15H,3-9H2,1-2H3. The fourth-order valence-corrected chi connectivity index (χ4v) is 3.53. The molecule has 1 heterocycles. The summed E-state index contributed by atoms with van der Waals surface area (Å²) in [5, 5.41) is 7.58. The van der Waals surface area contributed by atoms with E-state index in [-0.39, 0.29) is 0 Å². The molecule has 0 saturated heterocycles. The maximum absolute atomic E-state index is 5.85. The zero-order valence-electron chi connectivity index (χ0n) is 11.8. The van der Waals surface area contributed by atoms with Crippen LogP contribution in [0.1, 0.15) is 44.3 Å². The summed E-state index contributed by atoms with van der Waals surface area (Å²) < 4.78 is 10.8. The highest BCUT2D eigenvalue weighted by molar-refractivity contribution is 5.12. The average Bonchev–Trinajstić information content (AvgIpc) is 2.70. The van der Waals surface area contributed by atoms with Crippen LogP contribution in [-0.4, -0.2) is 35.4 Å². The second-order valence-corrected chi connectivity index (χ2v) is 5.75. The van der Waals surface area contributed by atoms with E-state index < -0.39 is 0 Å². The van der Waals surface area contributed by atoms with E-state index in [0.29, 0.717) is 23.5 Å². The van der Waals surface area contributed by atoms with E-state index in [1.165, 1.54) is 19.3 Å². The van der Waals surface area contributed by atoms with Crippen molar-refractivity contribution in [2.75, 3.05) is 13.2 Å². The van der Waals surface area contributed by atoms with Gasteiger partial charge in [0, 0.05) is 38.0 Å². The molecule has 1 aromatic heterocycles. The molecule has 2 unspecified atom stereocenters. The van der Waals surface area contributed by atoms with Crippen LogP contribution in [0.4, 0.5) is 0 Å². The van der Waals surface area contributed by atoms with Crippen LogP contribution < -0.4 is 5.32 Å². The maximum atomic E-state index is 5.85. The van der Waals surface area contributed by atoms with Crippen molar-refractivity contribution < 1.29 is 9.26 Å². The number of hydrogen-bond acceptors (Lipinski definition) is 5. The summed E-state index contributed by atoms with van der Waals surface area (Å²) in [6.07, 6.45) is 6.46. The lowest BCUT2D eigenvalue weighted by molar-refractivity contribution is -0.172. The van der Waals surface area contributed by atoms with Crippen LogP contribution in [0.15, 0.2) is 4.52 Å². The van der Waals surface area contributed by atoms with E-state index in [1.807, 2.05) is 6.92 Å². The van der Waals surface area contributed by atoms with Crippen LogP contribution in [0.2, 0.25) is 0 Å². The number of ether oxygens (including phenoxy) is 1. The van der Waals surface area contributed by atoms with Crippen molar-refractivity contribution in [1.29, 1.82) is 0 Å². The fourth-order valence-electron chi connectivity index (χ4n) is 3.53. The van der Waals surface area contributed by atoms with Gasteiger partial charge in [-0.1, -0.05) is 11.6 Å².